The van der Waals surface area contributed by atoms with Crippen LogP contribution in [0.3, 0.4) is 0 Å². The Bertz CT molecular complexity index is 576. The Morgan fingerprint density at radius 2 is 1.27 bits per heavy atom. The van der Waals surface area contributed by atoms with Crippen molar-refractivity contribution in [3.63, 3.8) is 0 Å². The molecule has 1 rings (SSSR count). The molecule has 1 aliphatic heterocycles. The van der Waals surface area contributed by atoms with Crippen molar-refractivity contribution in [2.75, 3.05) is 27.2 Å². The molecular weight excluding hydrogens is 366 g/mol. The van der Waals surface area contributed by atoms with E-state index in [1.54, 1.807) is 0 Å². The summed E-state index contributed by atoms with van der Waals surface area (Å²) in [5, 5.41) is -6.42. The lowest BCUT2D eigenvalue weighted by Gasteiger charge is -2.21. The Morgan fingerprint density at radius 3 is 1.45 bits per heavy atom. The zero-order valence-corrected chi connectivity index (χ0v) is 13.1. The van der Waals surface area contributed by atoms with Crippen molar-refractivity contribution in [2.24, 2.45) is 0 Å². The summed E-state index contributed by atoms with van der Waals surface area (Å²) in [4.78, 5) is 0. The first kappa shape index (κ1) is 21.4. The van der Waals surface area contributed by atoms with E-state index in [0.717, 1.165) is 0 Å². The number of halogens is 6. The topological polar surface area (TPSA) is 80.3 Å². The van der Waals surface area contributed by atoms with Crippen molar-refractivity contribution in [3.8, 4) is 0 Å². The Morgan fingerprint density at radius 1 is 0.909 bits per heavy atom. The number of sulfonamides is 1. The average molecular weight is 381 g/mol. The highest BCUT2D eigenvalue weighted by Crippen LogP contribution is 2.39. The van der Waals surface area contributed by atoms with Crippen molar-refractivity contribution in [1.29, 1.82) is 0 Å². The maximum Gasteiger partial charge on any atom is 0.471 e. The molecular formula is C8H15F6N2O4S2+. The highest BCUT2D eigenvalue weighted by molar-refractivity contribution is 8.03. The predicted octanol–water partition coefficient (Wildman–Crippen LogP) is 1.13. The van der Waals surface area contributed by atoms with E-state index in [2.05, 4.69) is 14.1 Å². The molecule has 1 N–H and O–H groups in total. The van der Waals surface area contributed by atoms with Crippen LogP contribution in [0.2, 0.25) is 0 Å². The summed E-state index contributed by atoms with van der Waals surface area (Å²) in [6.07, 6.45) is -3.69. The van der Waals surface area contributed by atoms with Gasteiger partial charge in [-0.25, -0.2) is 8.42 Å². The van der Waals surface area contributed by atoms with Crippen LogP contribution in [-0.2, 0) is 20.4 Å². The Labute approximate surface area is 124 Å². The van der Waals surface area contributed by atoms with E-state index >= 15 is 0 Å². The van der Waals surface area contributed by atoms with Crippen LogP contribution in [0.5, 0.6) is 0 Å². The molecule has 0 radical (unpaired) electrons. The molecule has 1 aliphatic rings. The van der Waals surface area contributed by atoms with Gasteiger partial charge in [-0.05, 0) is 0 Å². The molecule has 1 saturated heterocycles. The van der Waals surface area contributed by atoms with Crippen LogP contribution in [0.25, 0.3) is 0 Å². The first-order valence-corrected chi connectivity index (χ1v) is 8.52. The van der Waals surface area contributed by atoms with Gasteiger partial charge in [0.15, 0.2) is 0 Å². The number of rotatable bonds is 3. The zero-order chi connectivity index (χ0) is 18.0. The van der Waals surface area contributed by atoms with Gasteiger partial charge in [0.25, 0.3) is 0 Å². The second-order valence-electron chi connectivity index (χ2n) is 5.13. The number of quaternary nitrogens is 1. The van der Waals surface area contributed by atoms with Gasteiger partial charge in [-0.2, -0.15) is 30.4 Å². The Hall–Kier alpha value is -0.600. The van der Waals surface area contributed by atoms with Crippen LogP contribution in [0.1, 0.15) is 12.8 Å². The minimum atomic E-state index is -6.75. The van der Waals surface area contributed by atoms with Gasteiger partial charge in [-0.3, -0.25) is 0 Å². The van der Waals surface area contributed by atoms with E-state index < -0.39 is 36.0 Å². The molecule has 134 valence electrons. The summed E-state index contributed by atoms with van der Waals surface area (Å²) in [6, 6.07) is 0. The van der Waals surface area contributed by atoms with Crippen molar-refractivity contribution >= 4 is 20.4 Å². The lowest BCUT2D eigenvalue weighted by atomic mass is 10.4. The van der Waals surface area contributed by atoms with Crippen molar-refractivity contribution in [3.05, 3.63) is 0 Å². The molecule has 0 saturated carbocycles. The van der Waals surface area contributed by atoms with E-state index in [-0.39, 0.29) is 0 Å². The number of nitrogens with one attached hydrogen (secondary N) is 1. The van der Waals surface area contributed by atoms with Crippen LogP contribution in [-0.4, -0.2) is 59.9 Å². The molecule has 0 aliphatic carbocycles. The molecule has 0 unspecified atom stereocenters. The fourth-order valence-electron chi connectivity index (χ4n) is 1.53. The van der Waals surface area contributed by atoms with Crippen LogP contribution >= 0.6 is 0 Å². The van der Waals surface area contributed by atoms with Gasteiger partial charge in [0, 0.05) is 12.8 Å². The standard InChI is InChI=1S/C6H14N.C2HF6NO4S2/c1-7(2)5-3-4-6-7;3-1(4,5)2(6,7)14(10,11)9-15(8,12)13/h3-6H2,1-2H3;9H/q+1;. The van der Waals surface area contributed by atoms with Crippen LogP contribution < -0.4 is 4.13 Å². The molecule has 0 aromatic carbocycles. The van der Waals surface area contributed by atoms with E-state index in [9.17, 15) is 42.7 Å². The summed E-state index contributed by atoms with van der Waals surface area (Å²) in [5.74, 6) is 0. The quantitative estimate of drug-likeness (QED) is 0.452. The molecule has 0 bridgehead atoms. The van der Waals surface area contributed by atoms with E-state index in [1.165, 1.54) is 30.4 Å². The second-order valence-corrected chi connectivity index (χ2v) is 8.19. The smallest absolute Gasteiger partial charge is 0.328 e. The molecule has 0 spiro atoms. The lowest BCUT2D eigenvalue weighted by molar-refractivity contribution is -0.877. The molecule has 0 atom stereocenters. The largest absolute Gasteiger partial charge is 0.471 e. The maximum atomic E-state index is 12.0. The van der Waals surface area contributed by atoms with E-state index in [4.69, 9.17) is 0 Å². The second kappa shape index (κ2) is 6.49. The normalized spacial score (nSPS) is 19.5. The monoisotopic (exact) mass is 381 g/mol. The van der Waals surface area contributed by atoms with Gasteiger partial charge >= 0.3 is 31.9 Å². The van der Waals surface area contributed by atoms with Gasteiger partial charge in [-0.1, -0.05) is 8.01 Å². The fourth-order valence-corrected chi connectivity index (χ4v) is 3.30. The summed E-state index contributed by atoms with van der Waals surface area (Å²) in [5.41, 5.74) is 0. The average Bonchev–Trinajstić information content (AvgIpc) is 2.58. The molecule has 22 heavy (non-hydrogen) atoms. The van der Waals surface area contributed by atoms with Gasteiger partial charge < -0.3 is 4.48 Å². The van der Waals surface area contributed by atoms with Gasteiger partial charge in [0.05, 0.1) is 27.2 Å². The molecule has 0 aromatic rings. The molecule has 0 aromatic heterocycles. The zero-order valence-electron chi connectivity index (χ0n) is 11.5. The molecule has 14 heteroatoms. The molecule has 1 fully saturated rings. The van der Waals surface area contributed by atoms with E-state index in [1.807, 2.05) is 0 Å². The Kier molecular flexibility index (Phi) is 6.31. The minimum absolute atomic E-state index is 0.450. The molecule has 6 nitrogen and oxygen atoms in total. The summed E-state index contributed by atoms with van der Waals surface area (Å²) in [7, 11) is -8.39. The van der Waals surface area contributed by atoms with Gasteiger partial charge in [0.2, 0.25) is 0 Å². The lowest BCUT2D eigenvalue weighted by Crippen LogP contribution is -2.50. The SMILES string of the molecule is C[N+]1(C)CCCC1.O=S(=O)(F)NS(=O)(=O)C(F)(F)C(F)(F)F. The van der Waals surface area contributed by atoms with Gasteiger partial charge in [-0.15, -0.1) is 0 Å². The predicted molar refractivity (Wildman–Crippen MR) is 64.2 cm³/mol. The third-order valence-corrected chi connectivity index (χ3v) is 5.23. The number of hydrogen-bond acceptors (Lipinski definition) is 4. The van der Waals surface area contributed by atoms with Crippen molar-refractivity contribution in [1.82, 2.24) is 4.13 Å². The van der Waals surface area contributed by atoms with Crippen molar-refractivity contribution < 1.29 is 47.2 Å². The van der Waals surface area contributed by atoms with Crippen molar-refractivity contribution in [2.45, 2.75) is 24.3 Å². The first-order valence-electron chi connectivity index (χ1n) is 5.66. The number of hydrogen-bond donors (Lipinski definition) is 1. The molecule has 1 heterocycles. The first-order chi connectivity index (χ1) is 9.41. The molecule has 0 amide bonds. The number of nitrogens with zero attached hydrogens (tertiary/aromatic N) is 1. The summed E-state index contributed by atoms with van der Waals surface area (Å²) < 4.78 is 110. The fraction of sp³-hybridized carbons (Fsp3) is 1.00. The van der Waals surface area contributed by atoms with E-state index in [0.29, 0.717) is 0 Å². The van der Waals surface area contributed by atoms with Crippen LogP contribution in [0.15, 0.2) is 0 Å². The van der Waals surface area contributed by atoms with Gasteiger partial charge in [0.1, 0.15) is 0 Å². The minimum Gasteiger partial charge on any atom is -0.328 e. The number of likely N-dealkylation sites (tertiary alicyclic amines) is 1. The third kappa shape index (κ3) is 6.26. The van der Waals surface area contributed by atoms with Crippen LogP contribution in [0.4, 0.5) is 25.8 Å². The summed E-state index contributed by atoms with van der Waals surface area (Å²) >= 11 is 0. The highest BCUT2D eigenvalue weighted by Gasteiger charge is 2.68. The highest BCUT2D eigenvalue weighted by atomic mass is 32.3. The maximum absolute atomic E-state index is 12.0. The summed E-state index contributed by atoms with van der Waals surface area (Å²) in [6.45, 7) is 2.78. The Balaban J connectivity index is 0.000000518. The number of alkyl halides is 5. The third-order valence-electron chi connectivity index (χ3n) is 2.65. The van der Waals surface area contributed by atoms with Crippen LogP contribution in [0, 0.1) is 0 Å².